The van der Waals surface area contributed by atoms with E-state index in [4.69, 9.17) is 5.11 Å². The van der Waals surface area contributed by atoms with E-state index in [-0.39, 0.29) is 9.13 Å². The van der Waals surface area contributed by atoms with Gasteiger partial charge in [-0.2, -0.15) is 0 Å². The first-order chi connectivity index (χ1) is 5.57. The molecule has 0 fully saturated rings. The van der Waals surface area contributed by atoms with E-state index in [1.807, 2.05) is 0 Å². The van der Waals surface area contributed by atoms with Crippen LogP contribution in [0.25, 0.3) is 0 Å². The third-order valence-corrected chi connectivity index (χ3v) is 3.77. The summed E-state index contributed by atoms with van der Waals surface area (Å²) >= 11 is 4.73. The standard InChI is InChI=1S/C7H4BrF2IO/c8-4-1-3(2-12)5(9)6(10)7(4)11/h1,12H,2H2. The quantitative estimate of drug-likeness (QED) is 0.470. The van der Waals surface area contributed by atoms with Crippen molar-refractivity contribution in [2.45, 2.75) is 6.61 Å². The van der Waals surface area contributed by atoms with Crippen LogP contribution in [0.2, 0.25) is 0 Å². The zero-order valence-electron chi connectivity index (χ0n) is 5.74. The van der Waals surface area contributed by atoms with Crippen LogP contribution in [0, 0.1) is 15.2 Å². The molecule has 0 aliphatic heterocycles. The molecule has 1 N–H and O–H groups in total. The molecule has 0 bridgehead atoms. The molecular formula is C7H4BrF2IO. The van der Waals surface area contributed by atoms with Gasteiger partial charge in [-0.05, 0) is 44.6 Å². The molecular weight excluding hydrogens is 345 g/mol. The molecule has 0 radical (unpaired) electrons. The van der Waals surface area contributed by atoms with Gasteiger partial charge in [0.2, 0.25) is 0 Å². The fourth-order valence-corrected chi connectivity index (χ4v) is 1.58. The topological polar surface area (TPSA) is 20.2 Å². The lowest BCUT2D eigenvalue weighted by atomic mass is 10.2. The van der Waals surface area contributed by atoms with E-state index in [1.165, 1.54) is 6.07 Å². The summed E-state index contributed by atoms with van der Waals surface area (Å²) in [5, 5.41) is 8.63. The predicted octanol–water partition coefficient (Wildman–Crippen LogP) is 2.82. The predicted molar refractivity (Wildman–Crippen MR) is 52.7 cm³/mol. The van der Waals surface area contributed by atoms with Crippen LogP contribution < -0.4 is 0 Å². The molecule has 5 heteroatoms. The lowest BCUT2D eigenvalue weighted by molar-refractivity contribution is 0.273. The van der Waals surface area contributed by atoms with Gasteiger partial charge >= 0.3 is 0 Å². The maximum Gasteiger partial charge on any atom is 0.173 e. The molecule has 1 aromatic rings. The van der Waals surface area contributed by atoms with Crippen LogP contribution in [0.15, 0.2) is 10.5 Å². The minimum Gasteiger partial charge on any atom is -0.392 e. The Morgan fingerprint density at radius 2 is 2.00 bits per heavy atom. The Kier molecular flexibility index (Phi) is 3.42. The summed E-state index contributed by atoms with van der Waals surface area (Å²) in [4.78, 5) is 0. The number of hydrogen-bond donors (Lipinski definition) is 1. The molecule has 0 aliphatic carbocycles. The van der Waals surface area contributed by atoms with Crippen molar-refractivity contribution in [3.8, 4) is 0 Å². The van der Waals surface area contributed by atoms with Crippen LogP contribution in [0.5, 0.6) is 0 Å². The molecule has 0 spiro atoms. The number of aliphatic hydroxyl groups excluding tert-OH is 1. The SMILES string of the molecule is OCc1cc(Br)c(I)c(F)c1F. The van der Waals surface area contributed by atoms with Gasteiger partial charge in [-0.3, -0.25) is 0 Å². The molecule has 12 heavy (non-hydrogen) atoms. The van der Waals surface area contributed by atoms with Crippen molar-refractivity contribution in [2.24, 2.45) is 0 Å². The van der Waals surface area contributed by atoms with Gasteiger partial charge < -0.3 is 5.11 Å². The third-order valence-electron chi connectivity index (χ3n) is 1.35. The van der Waals surface area contributed by atoms with Crippen molar-refractivity contribution in [3.63, 3.8) is 0 Å². The monoisotopic (exact) mass is 348 g/mol. The van der Waals surface area contributed by atoms with Crippen molar-refractivity contribution in [1.82, 2.24) is 0 Å². The first kappa shape index (κ1) is 10.3. The minimum atomic E-state index is -0.981. The number of benzene rings is 1. The Labute approximate surface area is 90.1 Å². The van der Waals surface area contributed by atoms with Gasteiger partial charge in [0.1, 0.15) is 0 Å². The van der Waals surface area contributed by atoms with Gasteiger partial charge in [-0.15, -0.1) is 0 Å². The molecule has 0 aliphatic rings. The smallest absolute Gasteiger partial charge is 0.173 e. The average Bonchev–Trinajstić information content (AvgIpc) is 2.08. The van der Waals surface area contributed by atoms with Crippen molar-refractivity contribution in [3.05, 3.63) is 31.3 Å². The second-order valence-electron chi connectivity index (χ2n) is 2.12. The molecule has 0 unspecified atom stereocenters. The van der Waals surface area contributed by atoms with Crippen LogP contribution in [0.3, 0.4) is 0 Å². The number of hydrogen-bond acceptors (Lipinski definition) is 1. The summed E-state index contributed by atoms with van der Waals surface area (Å²) in [5.41, 5.74) is -0.0419. The van der Waals surface area contributed by atoms with E-state index in [2.05, 4.69) is 15.9 Å². The number of aliphatic hydroxyl groups is 1. The molecule has 1 nitrogen and oxygen atoms in total. The van der Waals surface area contributed by atoms with Crippen molar-refractivity contribution in [2.75, 3.05) is 0 Å². The minimum absolute atomic E-state index is 0.0419. The van der Waals surface area contributed by atoms with E-state index < -0.39 is 18.2 Å². The maximum absolute atomic E-state index is 12.9. The second-order valence-corrected chi connectivity index (χ2v) is 4.05. The highest BCUT2D eigenvalue weighted by molar-refractivity contribution is 14.1. The molecule has 0 saturated heterocycles. The van der Waals surface area contributed by atoms with Crippen molar-refractivity contribution in [1.29, 1.82) is 0 Å². The summed E-state index contributed by atoms with van der Waals surface area (Å²) in [7, 11) is 0. The Morgan fingerprint density at radius 3 is 2.50 bits per heavy atom. The summed E-state index contributed by atoms with van der Waals surface area (Å²) in [6.45, 7) is -0.502. The summed E-state index contributed by atoms with van der Waals surface area (Å²) < 4.78 is 26.4. The zero-order valence-corrected chi connectivity index (χ0v) is 9.49. The molecule has 0 atom stereocenters. The highest BCUT2D eigenvalue weighted by Gasteiger charge is 2.14. The Hall–Kier alpha value is 0.250. The van der Waals surface area contributed by atoms with Crippen LogP contribution in [0.4, 0.5) is 8.78 Å². The van der Waals surface area contributed by atoms with Gasteiger partial charge in [-0.1, -0.05) is 0 Å². The Bertz CT molecular complexity index is 317. The van der Waals surface area contributed by atoms with E-state index in [0.29, 0.717) is 4.47 Å². The van der Waals surface area contributed by atoms with Gasteiger partial charge in [0.25, 0.3) is 0 Å². The molecule has 1 aromatic carbocycles. The van der Waals surface area contributed by atoms with Crippen LogP contribution in [-0.2, 0) is 6.61 Å². The molecule has 1 rings (SSSR count). The van der Waals surface area contributed by atoms with Crippen molar-refractivity contribution < 1.29 is 13.9 Å². The first-order valence-electron chi connectivity index (χ1n) is 3.00. The van der Waals surface area contributed by atoms with Crippen LogP contribution in [-0.4, -0.2) is 5.11 Å². The summed E-state index contributed by atoms with van der Waals surface area (Å²) in [6.07, 6.45) is 0. The summed E-state index contributed by atoms with van der Waals surface area (Å²) in [6, 6.07) is 1.36. The highest BCUT2D eigenvalue weighted by Crippen LogP contribution is 2.26. The van der Waals surface area contributed by atoms with E-state index in [0.717, 1.165) is 0 Å². The van der Waals surface area contributed by atoms with E-state index in [1.54, 1.807) is 22.6 Å². The molecule has 0 aromatic heterocycles. The third kappa shape index (κ3) is 1.77. The molecule has 0 saturated carbocycles. The molecule has 0 heterocycles. The maximum atomic E-state index is 12.9. The average molecular weight is 349 g/mol. The lowest BCUT2D eigenvalue weighted by Crippen LogP contribution is -1.97. The van der Waals surface area contributed by atoms with Crippen LogP contribution in [0.1, 0.15) is 5.56 Å². The number of rotatable bonds is 1. The normalized spacial score (nSPS) is 10.4. The van der Waals surface area contributed by atoms with Gasteiger partial charge in [-0.25, -0.2) is 8.78 Å². The van der Waals surface area contributed by atoms with E-state index in [9.17, 15) is 8.78 Å². The fraction of sp³-hybridized carbons (Fsp3) is 0.143. The lowest BCUT2D eigenvalue weighted by Gasteiger charge is -2.04. The number of halogens is 4. The highest BCUT2D eigenvalue weighted by atomic mass is 127. The van der Waals surface area contributed by atoms with Gasteiger partial charge in [0.05, 0.1) is 10.2 Å². The van der Waals surface area contributed by atoms with Gasteiger partial charge in [0.15, 0.2) is 11.6 Å². The van der Waals surface area contributed by atoms with Gasteiger partial charge in [0, 0.05) is 10.0 Å². The largest absolute Gasteiger partial charge is 0.392 e. The molecule has 66 valence electrons. The molecule has 0 amide bonds. The van der Waals surface area contributed by atoms with Crippen molar-refractivity contribution >= 4 is 38.5 Å². The fourth-order valence-electron chi connectivity index (χ4n) is 0.737. The summed E-state index contributed by atoms with van der Waals surface area (Å²) in [5.74, 6) is -1.90. The zero-order chi connectivity index (χ0) is 9.30. The van der Waals surface area contributed by atoms with E-state index >= 15 is 0 Å². The Morgan fingerprint density at radius 1 is 1.42 bits per heavy atom. The first-order valence-corrected chi connectivity index (χ1v) is 4.87. The second kappa shape index (κ2) is 3.97. The Balaban J connectivity index is 3.39. The van der Waals surface area contributed by atoms with Crippen LogP contribution >= 0.6 is 38.5 Å².